The molecule has 0 N–H and O–H groups in total. The van der Waals surface area contributed by atoms with Gasteiger partial charge in [-0.3, -0.25) is 14.2 Å². The molecule has 25 heavy (non-hydrogen) atoms. The van der Waals surface area contributed by atoms with E-state index in [1.807, 2.05) is 50.2 Å². The summed E-state index contributed by atoms with van der Waals surface area (Å²) in [6, 6.07) is 13.5. The standard InChI is InChI=1S/C20H19N3O2/c1-13-6-5-8-16-19(13)21-12-22(20(16)25)11-18(24)23-14(2)10-15-7-3-4-9-17(15)23/h3-9,12,14H,10-11H2,1-2H3/t14-/m0/s1. The number of aromatic nitrogens is 2. The normalized spacial score (nSPS) is 16.2. The summed E-state index contributed by atoms with van der Waals surface area (Å²) in [5.74, 6) is -0.0895. The molecule has 4 rings (SSSR count). The number of carbonyl (C=O) groups excluding carboxylic acids is 1. The smallest absolute Gasteiger partial charge is 0.261 e. The molecule has 0 fully saturated rings. The molecule has 1 amide bonds. The van der Waals surface area contributed by atoms with Crippen molar-refractivity contribution < 1.29 is 4.79 Å². The third-order valence-corrected chi connectivity index (χ3v) is 4.84. The largest absolute Gasteiger partial charge is 0.307 e. The molecule has 0 unspecified atom stereocenters. The van der Waals surface area contributed by atoms with Gasteiger partial charge in [0.05, 0.1) is 17.2 Å². The van der Waals surface area contributed by atoms with Gasteiger partial charge in [0.2, 0.25) is 5.91 Å². The number of carbonyl (C=O) groups is 1. The highest BCUT2D eigenvalue weighted by molar-refractivity contribution is 5.96. The van der Waals surface area contributed by atoms with E-state index >= 15 is 0 Å². The van der Waals surface area contributed by atoms with E-state index in [2.05, 4.69) is 4.98 Å². The maximum atomic E-state index is 12.9. The Balaban J connectivity index is 1.69. The van der Waals surface area contributed by atoms with Crippen molar-refractivity contribution in [1.82, 2.24) is 9.55 Å². The number of para-hydroxylation sites is 2. The second-order valence-electron chi connectivity index (χ2n) is 6.59. The number of hydrogen-bond donors (Lipinski definition) is 0. The molecule has 0 aliphatic carbocycles. The molecule has 1 atom stereocenters. The molecule has 1 aromatic heterocycles. The average molecular weight is 333 g/mol. The Morgan fingerprint density at radius 3 is 2.84 bits per heavy atom. The molecule has 5 nitrogen and oxygen atoms in total. The average Bonchev–Trinajstić information content (AvgIpc) is 2.93. The first-order valence-electron chi connectivity index (χ1n) is 8.41. The van der Waals surface area contributed by atoms with Crippen molar-refractivity contribution >= 4 is 22.5 Å². The molecule has 1 aliphatic heterocycles. The van der Waals surface area contributed by atoms with Crippen LogP contribution in [0.3, 0.4) is 0 Å². The Kier molecular flexibility index (Phi) is 3.64. The van der Waals surface area contributed by atoms with Gasteiger partial charge in [-0.1, -0.05) is 30.3 Å². The quantitative estimate of drug-likeness (QED) is 0.724. The first kappa shape index (κ1) is 15.6. The highest BCUT2D eigenvalue weighted by atomic mass is 16.2. The number of fused-ring (bicyclic) bond motifs is 2. The van der Waals surface area contributed by atoms with Crippen molar-refractivity contribution in [3.05, 3.63) is 70.3 Å². The SMILES string of the molecule is Cc1cccc2c(=O)n(CC(=O)N3c4ccccc4C[C@@H]3C)cnc12. The van der Waals surface area contributed by atoms with Crippen LogP contribution < -0.4 is 10.5 Å². The molecule has 0 bridgehead atoms. The van der Waals surface area contributed by atoms with Gasteiger partial charge in [-0.05, 0) is 43.5 Å². The lowest BCUT2D eigenvalue weighted by atomic mass is 10.1. The molecule has 0 radical (unpaired) electrons. The van der Waals surface area contributed by atoms with Crippen LogP contribution in [-0.2, 0) is 17.8 Å². The topological polar surface area (TPSA) is 55.2 Å². The Morgan fingerprint density at radius 2 is 2.00 bits per heavy atom. The molecule has 1 aliphatic rings. The van der Waals surface area contributed by atoms with Gasteiger partial charge in [0, 0.05) is 11.7 Å². The van der Waals surface area contributed by atoms with Crippen LogP contribution in [0, 0.1) is 6.92 Å². The highest BCUT2D eigenvalue weighted by Crippen LogP contribution is 2.31. The predicted molar refractivity (Wildman–Crippen MR) is 97.8 cm³/mol. The maximum absolute atomic E-state index is 12.9. The van der Waals surface area contributed by atoms with Gasteiger partial charge < -0.3 is 4.90 Å². The van der Waals surface area contributed by atoms with E-state index in [0.29, 0.717) is 10.9 Å². The van der Waals surface area contributed by atoms with E-state index in [1.165, 1.54) is 16.5 Å². The van der Waals surface area contributed by atoms with E-state index in [-0.39, 0.29) is 24.1 Å². The summed E-state index contributed by atoms with van der Waals surface area (Å²) < 4.78 is 1.40. The molecular weight excluding hydrogens is 314 g/mol. The summed E-state index contributed by atoms with van der Waals surface area (Å²) in [7, 11) is 0. The summed E-state index contributed by atoms with van der Waals surface area (Å²) in [6.07, 6.45) is 2.31. The minimum atomic E-state index is -0.179. The molecule has 0 saturated carbocycles. The van der Waals surface area contributed by atoms with Gasteiger partial charge in [0.1, 0.15) is 6.54 Å². The van der Waals surface area contributed by atoms with Gasteiger partial charge in [-0.25, -0.2) is 4.98 Å². The van der Waals surface area contributed by atoms with Crippen LogP contribution in [0.25, 0.3) is 10.9 Å². The molecule has 3 aromatic rings. The van der Waals surface area contributed by atoms with Crippen LogP contribution in [0.2, 0.25) is 0 Å². The van der Waals surface area contributed by atoms with Gasteiger partial charge in [-0.2, -0.15) is 0 Å². The first-order valence-corrected chi connectivity index (χ1v) is 8.41. The Bertz CT molecular complexity index is 1040. The van der Waals surface area contributed by atoms with Crippen LogP contribution in [0.15, 0.2) is 53.6 Å². The fourth-order valence-corrected chi connectivity index (χ4v) is 3.62. The van der Waals surface area contributed by atoms with E-state index in [9.17, 15) is 9.59 Å². The Labute approximate surface area is 145 Å². The van der Waals surface area contributed by atoms with Crippen LogP contribution in [0.4, 0.5) is 5.69 Å². The lowest BCUT2D eigenvalue weighted by Gasteiger charge is -2.23. The van der Waals surface area contributed by atoms with E-state index in [0.717, 1.165) is 17.7 Å². The van der Waals surface area contributed by atoms with Crippen molar-refractivity contribution in [2.24, 2.45) is 0 Å². The molecule has 2 aromatic carbocycles. The number of anilines is 1. The number of amides is 1. The zero-order chi connectivity index (χ0) is 17.6. The monoisotopic (exact) mass is 333 g/mol. The van der Waals surface area contributed by atoms with Crippen molar-refractivity contribution in [2.75, 3.05) is 4.90 Å². The molecular formula is C20H19N3O2. The molecule has 2 heterocycles. The fraction of sp³-hybridized carbons (Fsp3) is 0.250. The second kappa shape index (κ2) is 5.84. The zero-order valence-corrected chi connectivity index (χ0v) is 14.3. The summed E-state index contributed by atoms with van der Waals surface area (Å²) >= 11 is 0. The van der Waals surface area contributed by atoms with E-state index < -0.39 is 0 Å². The summed E-state index contributed by atoms with van der Waals surface area (Å²) in [6.45, 7) is 3.95. The van der Waals surface area contributed by atoms with Gasteiger partial charge in [0.15, 0.2) is 0 Å². The van der Waals surface area contributed by atoms with Crippen LogP contribution in [0.5, 0.6) is 0 Å². The van der Waals surface area contributed by atoms with Gasteiger partial charge >= 0.3 is 0 Å². The minimum Gasteiger partial charge on any atom is -0.307 e. The van der Waals surface area contributed by atoms with Crippen molar-refractivity contribution in [2.45, 2.75) is 32.9 Å². The lowest BCUT2D eigenvalue weighted by molar-refractivity contribution is -0.119. The van der Waals surface area contributed by atoms with Gasteiger partial charge in [-0.15, -0.1) is 0 Å². The number of hydrogen-bond acceptors (Lipinski definition) is 3. The highest BCUT2D eigenvalue weighted by Gasteiger charge is 2.30. The maximum Gasteiger partial charge on any atom is 0.261 e. The summed E-state index contributed by atoms with van der Waals surface area (Å²) in [5, 5.41) is 0.546. The zero-order valence-electron chi connectivity index (χ0n) is 14.3. The van der Waals surface area contributed by atoms with Crippen LogP contribution in [-0.4, -0.2) is 21.5 Å². The first-order chi connectivity index (χ1) is 12.1. The number of rotatable bonds is 2. The van der Waals surface area contributed by atoms with E-state index in [4.69, 9.17) is 0 Å². The van der Waals surface area contributed by atoms with Crippen LogP contribution in [0.1, 0.15) is 18.1 Å². The van der Waals surface area contributed by atoms with Crippen molar-refractivity contribution in [3.63, 3.8) is 0 Å². The summed E-state index contributed by atoms with van der Waals surface area (Å²) in [5.41, 5.74) is 3.58. The second-order valence-corrected chi connectivity index (χ2v) is 6.59. The molecule has 5 heteroatoms. The molecule has 0 saturated heterocycles. The van der Waals surface area contributed by atoms with Crippen LogP contribution >= 0.6 is 0 Å². The minimum absolute atomic E-state index is 0.00557. The summed E-state index contributed by atoms with van der Waals surface area (Å²) in [4.78, 5) is 31.8. The lowest BCUT2D eigenvalue weighted by Crippen LogP contribution is -2.40. The molecule has 126 valence electrons. The van der Waals surface area contributed by atoms with Crippen molar-refractivity contribution in [3.8, 4) is 0 Å². The number of benzene rings is 2. The fourth-order valence-electron chi connectivity index (χ4n) is 3.62. The Morgan fingerprint density at radius 1 is 1.20 bits per heavy atom. The number of nitrogens with zero attached hydrogens (tertiary/aromatic N) is 3. The van der Waals surface area contributed by atoms with Crippen molar-refractivity contribution in [1.29, 1.82) is 0 Å². The Hall–Kier alpha value is -2.95. The predicted octanol–water partition coefficient (Wildman–Crippen LogP) is 2.68. The molecule has 0 spiro atoms. The van der Waals surface area contributed by atoms with E-state index in [1.54, 1.807) is 11.0 Å². The number of aryl methyl sites for hydroxylation is 1. The van der Waals surface area contributed by atoms with Gasteiger partial charge in [0.25, 0.3) is 5.56 Å². The third-order valence-electron chi connectivity index (χ3n) is 4.84. The third kappa shape index (κ3) is 2.52.